The molecule has 21 heavy (non-hydrogen) atoms. The van der Waals surface area contributed by atoms with Gasteiger partial charge in [0.1, 0.15) is 5.82 Å². The third-order valence-electron chi connectivity index (χ3n) is 3.71. The quantitative estimate of drug-likeness (QED) is 0.785. The second-order valence-electron chi connectivity index (χ2n) is 5.19. The number of anilines is 1. The van der Waals surface area contributed by atoms with Gasteiger partial charge < -0.3 is 5.32 Å². The van der Waals surface area contributed by atoms with Crippen LogP contribution in [0.1, 0.15) is 44.0 Å². The minimum atomic E-state index is -0.240. The third-order valence-corrected chi connectivity index (χ3v) is 4.32. The van der Waals surface area contributed by atoms with Crippen molar-refractivity contribution in [2.75, 3.05) is 5.32 Å². The highest BCUT2D eigenvalue weighted by molar-refractivity contribution is 9.10. The Morgan fingerprint density at radius 1 is 1.33 bits per heavy atom. The van der Waals surface area contributed by atoms with Crippen LogP contribution >= 0.6 is 15.9 Å². The number of benzene rings is 1. The van der Waals surface area contributed by atoms with E-state index < -0.39 is 0 Å². The SMILES string of the molecule is CCC(CC)n1ccc(CNc2cc(Br)c(F)cc2C)n1. The zero-order chi connectivity index (χ0) is 15.4. The maximum Gasteiger partial charge on any atom is 0.137 e. The first-order valence-corrected chi connectivity index (χ1v) is 8.08. The average molecular weight is 354 g/mol. The Morgan fingerprint density at radius 3 is 2.71 bits per heavy atom. The molecule has 2 rings (SSSR count). The van der Waals surface area contributed by atoms with Crippen molar-refractivity contribution in [2.24, 2.45) is 0 Å². The smallest absolute Gasteiger partial charge is 0.137 e. The van der Waals surface area contributed by atoms with E-state index in [2.05, 4.69) is 40.2 Å². The van der Waals surface area contributed by atoms with E-state index in [-0.39, 0.29) is 5.82 Å². The second kappa shape index (κ2) is 7.07. The van der Waals surface area contributed by atoms with E-state index in [1.165, 1.54) is 6.07 Å². The molecule has 0 saturated carbocycles. The first-order chi connectivity index (χ1) is 10.0. The molecule has 5 heteroatoms. The Hall–Kier alpha value is -1.36. The molecule has 1 aromatic carbocycles. The molecule has 0 bridgehead atoms. The van der Waals surface area contributed by atoms with Gasteiger partial charge in [-0.05, 0) is 59.5 Å². The van der Waals surface area contributed by atoms with Crippen LogP contribution in [0.5, 0.6) is 0 Å². The van der Waals surface area contributed by atoms with Crippen molar-refractivity contribution in [1.29, 1.82) is 0 Å². The number of nitrogens with one attached hydrogen (secondary N) is 1. The fraction of sp³-hybridized carbons (Fsp3) is 0.438. The molecule has 0 atom stereocenters. The summed E-state index contributed by atoms with van der Waals surface area (Å²) in [6.45, 7) is 6.87. The molecule has 1 heterocycles. The summed E-state index contributed by atoms with van der Waals surface area (Å²) in [6.07, 6.45) is 4.19. The van der Waals surface area contributed by atoms with E-state index in [1.54, 1.807) is 6.07 Å². The molecule has 0 spiro atoms. The summed E-state index contributed by atoms with van der Waals surface area (Å²) in [7, 11) is 0. The molecule has 0 saturated heterocycles. The number of rotatable bonds is 6. The van der Waals surface area contributed by atoms with Gasteiger partial charge in [0.05, 0.1) is 22.8 Å². The molecular weight excluding hydrogens is 333 g/mol. The Labute approximate surface area is 133 Å². The second-order valence-corrected chi connectivity index (χ2v) is 6.05. The number of nitrogens with zero attached hydrogens (tertiary/aromatic N) is 2. The van der Waals surface area contributed by atoms with Crippen LogP contribution in [0, 0.1) is 12.7 Å². The average Bonchev–Trinajstić information content (AvgIpc) is 2.91. The molecule has 2 aromatic rings. The lowest BCUT2D eigenvalue weighted by Crippen LogP contribution is -2.09. The normalized spacial score (nSPS) is 11.1. The molecule has 0 unspecified atom stereocenters. The molecule has 1 aromatic heterocycles. The Balaban J connectivity index is 2.05. The maximum atomic E-state index is 13.4. The summed E-state index contributed by atoms with van der Waals surface area (Å²) >= 11 is 3.21. The van der Waals surface area contributed by atoms with Crippen LogP contribution in [0.4, 0.5) is 10.1 Å². The molecule has 3 nitrogen and oxygen atoms in total. The first-order valence-electron chi connectivity index (χ1n) is 7.28. The standard InChI is InChI=1S/C16H21BrFN3/c1-4-13(5-2)21-7-6-12(20-21)10-19-16-9-14(17)15(18)8-11(16)3/h6-9,13,19H,4-5,10H2,1-3H3. The molecule has 0 amide bonds. The highest BCUT2D eigenvalue weighted by Crippen LogP contribution is 2.24. The summed E-state index contributed by atoms with van der Waals surface area (Å²) in [6, 6.07) is 5.78. The van der Waals surface area contributed by atoms with Crippen molar-refractivity contribution >= 4 is 21.6 Å². The van der Waals surface area contributed by atoms with Crippen LogP contribution in [0.3, 0.4) is 0 Å². The van der Waals surface area contributed by atoms with E-state index in [9.17, 15) is 4.39 Å². The van der Waals surface area contributed by atoms with E-state index in [1.807, 2.05) is 23.9 Å². The Kier molecular flexibility index (Phi) is 5.39. The van der Waals surface area contributed by atoms with Gasteiger partial charge in [-0.25, -0.2) is 4.39 Å². The van der Waals surface area contributed by atoms with Gasteiger partial charge in [0.2, 0.25) is 0 Å². The van der Waals surface area contributed by atoms with Gasteiger partial charge in [-0.1, -0.05) is 13.8 Å². The van der Waals surface area contributed by atoms with Crippen molar-refractivity contribution < 1.29 is 4.39 Å². The Bertz CT molecular complexity index is 606. The molecule has 0 radical (unpaired) electrons. The van der Waals surface area contributed by atoms with Crippen molar-refractivity contribution in [1.82, 2.24) is 9.78 Å². The van der Waals surface area contributed by atoms with Crippen LogP contribution < -0.4 is 5.32 Å². The summed E-state index contributed by atoms with van der Waals surface area (Å²) in [5, 5.41) is 7.92. The molecule has 0 aliphatic rings. The monoisotopic (exact) mass is 353 g/mol. The van der Waals surface area contributed by atoms with E-state index >= 15 is 0 Å². The first kappa shape index (κ1) is 16.0. The van der Waals surface area contributed by atoms with Crippen molar-refractivity contribution in [2.45, 2.75) is 46.2 Å². The zero-order valence-corrected chi connectivity index (χ0v) is 14.2. The van der Waals surface area contributed by atoms with Crippen molar-refractivity contribution in [3.05, 3.63) is 45.9 Å². The fourth-order valence-corrected chi connectivity index (χ4v) is 2.70. The predicted molar refractivity (Wildman–Crippen MR) is 88.0 cm³/mol. The third kappa shape index (κ3) is 3.84. The lowest BCUT2D eigenvalue weighted by molar-refractivity contribution is 0.426. The van der Waals surface area contributed by atoms with Gasteiger partial charge in [0, 0.05) is 11.9 Å². The minimum absolute atomic E-state index is 0.240. The topological polar surface area (TPSA) is 29.9 Å². The molecule has 1 N–H and O–H groups in total. The summed E-state index contributed by atoms with van der Waals surface area (Å²) < 4.78 is 15.9. The van der Waals surface area contributed by atoms with Gasteiger partial charge in [-0.15, -0.1) is 0 Å². The van der Waals surface area contributed by atoms with Crippen LogP contribution in [-0.4, -0.2) is 9.78 Å². The van der Waals surface area contributed by atoms with Gasteiger partial charge >= 0.3 is 0 Å². The van der Waals surface area contributed by atoms with Crippen LogP contribution in [0.25, 0.3) is 0 Å². The van der Waals surface area contributed by atoms with Crippen molar-refractivity contribution in [3.8, 4) is 0 Å². The lowest BCUT2D eigenvalue weighted by Gasteiger charge is -2.13. The predicted octanol–water partition coefficient (Wildman–Crippen LogP) is 5.07. The van der Waals surface area contributed by atoms with Crippen LogP contribution in [0.2, 0.25) is 0 Å². The van der Waals surface area contributed by atoms with Gasteiger partial charge in [-0.2, -0.15) is 5.10 Å². The van der Waals surface area contributed by atoms with Crippen LogP contribution in [0.15, 0.2) is 28.9 Å². The minimum Gasteiger partial charge on any atom is -0.379 e. The summed E-state index contributed by atoms with van der Waals surface area (Å²) in [5.74, 6) is -0.240. The number of aryl methyl sites for hydroxylation is 1. The number of hydrogen-bond acceptors (Lipinski definition) is 2. The maximum absolute atomic E-state index is 13.4. The fourth-order valence-electron chi connectivity index (χ4n) is 2.36. The number of hydrogen-bond donors (Lipinski definition) is 1. The largest absolute Gasteiger partial charge is 0.379 e. The Morgan fingerprint density at radius 2 is 2.05 bits per heavy atom. The molecule has 0 fully saturated rings. The summed E-state index contributed by atoms with van der Waals surface area (Å²) in [5.41, 5.74) is 2.79. The van der Waals surface area contributed by atoms with Crippen LogP contribution in [-0.2, 0) is 6.54 Å². The molecule has 114 valence electrons. The van der Waals surface area contributed by atoms with E-state index in [0.29, 0.717) is 17.1 Å². The van der Waals surface area contributed by atoms with Gasteiger partial charge in [0.15, 0.2) is 0 Å². The van der Waals surface area contributed by atoms with Crippen molar-refractivity contribution in [3.63, 3.8) is 0 Å². The van der Waals surface area contributed by atoms with Gasteiger partial charge in [-0.3, -0.25) is 4.68 Å². The number of halogens is 2. The highest BCUT2D eigenvalue weighted by Gasteiger charge is 2.09. The lowest BCUT2D eigenvalue weighted by atomic mass is 10.2. The summed E-state index contributed by atoms with van der Waals surface area (Å²) in [4.78, 5) is 0. The molecule has 0 aliphatic carbocycles. The number of aromatic nitrogens is 2. The molecule has 0 aliphatic heterocycles. The van der Waals surface area contributed by atoms with E-state index in [4.69, 9.17) is 0 Å². The molecular formula is C16H21BrFN3. The highest BCUT2D eigenvalue weighted by atomic mass is 79.9. The zero-order valence-electron chi connectivity index (χ0n) is 12.7. The van der Waals surface area contributed by atoms with Gasteiger partial charge in [0.25, 0.3) is 0 Å². The van der Waals surface area contributed by atoms with E-state index in [0.717, 1.165) is 29.8 Å².